The van der Waals surface area contributed by atoms with Gasteiger partial charge in [0.1, 0.15) is 0 Å². The highest BCUT2D eigenvalue weighted by atomic mass is 16.1. The van der Waals surface area contributed by atoms with E-state index in [9.17, 15) is 4.79 Å². The highest BCUT2D eigenvalue weighted by Gasteiger charge is 2.26. The molecule has 1 saturated carbocycles. The van der Waals surface area contributed by atoms with Gasteiger partial charge < -0.3 is 10.6 Å². The minimum atomic E-state index is -0.357. The summed E-state index contributed by atoms with van der Waals surface area (Å²) in [5, 5.41) is 7.41. The van der Waals surface area contributed by atoms with E-state index in [1.165, 1.54) is 0 Å². The van der Waals surface area contributed by atoms with E-state index in [1.807, 2.05) is 30.5 Å². The number of benzene rings is 2. The minimum Gasteiger partial charge on any atom is -0.349 e. The molecule has 1 aromatic heterocycles. The Morgan fingerprint density at radius 2 is 1.88 bits per heavy atom. The minimum absolute atomic E-state index is 0.0000645. The molecule has 1 aliphatic rings. The zero-order valence-corrected chi connectivity index (χ0v) is 19.7. The van der Waals surface area contributed by atoms with Crippen molar-refractivity contribution in [3.63, 3.8) is 0 Å². The normalized spacial score (nSPS) is 14.4. The zero-order valence-electron chi connectivity index (χ0n) is 19.7. The molecule has 2 N–H and O–H groups in total. The summed E-state index contributed by atoms with van der Waals surface area (Å²) >= 11 is 0. The van der Waals surface area contributed by atoms with Crippen molar-refractivity contribution in [1.29, 1.82) is 0 Å². The van der Waals surface area contributed by atoms with Gasteiger partial charge in [-0.25, -0.2) is 9.97 Å². The number of carbonyl (C=O) groups excluding carboxylic acids is 1. The third-order valence-electron chi connectivity index (χ3n) is 5.64. The Hall–Kier alpha value is -2.95. The van der Waals surface area contributed by atoms with Crippen LogP contribution in [0.25, 0.3) is 22.0 Å². The molecular weight excluding hydrogens is 396 g/mol. The molecule has 0 spiro atoms. The van der Waals surface area contributed by atoms with Gasteiger partial charge in [-0.1, -0.05) is 32.9 Å². The maximum Gasteiger partial charge on any atom is 0.251 e. The molecule has 1 heterocycles. The van der Waals surface area contributed by atoms with Crippen LogP contribution in [0.3, 0.4) is 0 Å². The molecular formula is C27H33N4O. The van der Waals surface area contributed by atoms with Crippen molar-refractivity contribution >= 4 is 22.8 Å². The van der Waals surface area contributed by atoms with Crippen molar-refractivity contribution in [1.82, 2.24) is 15.3 Å². The van der Waals surface area contributed by atoms with Gasteiger partial charge in [-0.15, -0.1) is 0 Å². The smallest absolute Gasteiger partial charge is 0.251 e. The van der Waals surface area contributed by atoms with Crippen LogP contribution in [-0.4, -0.2) is 27.5 Å². The van der Waals surface area contributed by atoms with E-state index in [2.05, 4.69) is 69.3 Å². The number of aromatic nitrogens is 2. The number of nitrogens with one attached hydrogen (secondary N) is 2. The summed E-state index contributed by atoms with van der Waals surface area (Å²) in [6, 6.07) is 12.4. The highest BCUT2D eigenvalue weighted by molar-refractivity contribution is 5.96. The van der Waals surface area contributed by atoms with E-state index in [-0.39, 0.29) is 16.9 Å². The number of nitrogens with zero attached hydrogens (tertiary/aromatic N) is 2. The first-order valence-corrected chi connectivity index (χ1v) is 11.3. The van der Waals surface area contributed by atoms with Gasteiger partial charge in [0.2, 0.25) is 5.95 Å². The lowest BCUT2D eigenvalue weighted by molar-refractivity contribution is 0.0951. The van der Waals surface area contributed by atoms with Crippen LogP contribution in [0, 0.1) is 19.3 Å². The molecule has 0 aliphatic heterocycles. The van der Waals surface area contributed by atoms with Gasteiger partial charge in [0.05, 0.1) is 5.52 Å². The van der Waals surface area contributed by atoms with Crippen LogP contribution in [0.4, 0.5) is 5.95 Å². The second kappa shape index (κ2) is 8.19. The molecule has 167 valence electrons. The lowest BCUT2D eigenvalue weighted by atomic mass is 9.82. The summed E-state index contributed by atoms with van der Waals surface area (Å²) in [5.74, 6) is 0.585. The summed E-state index contributed by atoms with van der Waals surface area (Å²) in [6.45, 7) is 15.1. The summed E-state index contributed by atoms with van der Waals surface area (Å²) < 4.78 is 0. The predicted octanol–water partition coefficient (Wildman–Crippen LogP) is 5.94. The molecule has 5 nitrogen and oxygen atoms in total. The molecule has 32 heavy (non-hydrogen) atoms. The highest BCUT2D eigenvalue weighted by Crippen LogP contribution is 2.30. The molecule has 1 fully saturated rings. The maximum absolute atomic E-state index is 12.5. The van der Waals surface area contributed by atoms with E-state index >= 15 is 0 Å². The third kappa shape index (κ3) is 5.45. The second-order valence-electron chi connectivity index (χ2n) is 10.7. The lowest BCUT2D eigenvalue weighted by Gasteiger charge is -2.33. The standard InChI is InChI=1S/C27H33N4O/c1-17-7-8-19(24(32)29-21-10-11-21)14-22(17)18-9-12-23-20(13-18)15-28-25(30-23)31-27(5,6)16-26(2,3)4/h7-9,12-15,21H,5,10-11,16H2,1-4,6H3,(H,29,32)(H,28,30,31). The first kappa shape index (κ1) is 22.3. The van der Waals surface area contributed by atoms with E-state index in [0.717, 1.165) is 46.9 Å². The average molecular weight is 430 g/mol. The Kier molecular flexibility index (Phi) is 5.70. The molecule has 1 atom stereocenters. The average Bonchev–Trinajstić information content (AvgIpc) is 3.49. The molecule has 1 unspecified atom stereocenters. The Balaban J connectivity index is 1.59. The monoisotopic (exact) mass is 429 g/mol. The number of rotatable bonds is 6. The van der Waals surface area contributed by atoms with Gasteiger partial charge in [-0.2, -0.15) is 0 Å². The molecule has 0 bridgehead atoms. The van der Waals surface area contributed by atoms with Crippen molar-refractivity contribution in [3.8, 4) is 11.1 Å². The maximum atomic E-state index is 12.5. The Morgan fingerprint density at radius 3 is 2.56 bits per heavy atom. The van der Waals surface area contributed by atoms with Crippen LogP contribution in [0.1, 0.15) is 62.9 Å². The van der Waals surface area contributed by atoms with Gasteiger partial charge in [0.15, 0.2) is 0 Å². The van der Waals surface area contributed by atoms with E-state index in [0.29, 0.717) is 17.6 Å². The molecule has 1 amide bonds. The fourth-order valence-electron chi connectivity index (χ4n) is 4.32. The van der Waals surface area contributed by atoms with E-state index in [4.69, 9.17) is 4.98 Å². The van der Waals surface area contributed by atoms with Crippen LogP contribution >= 0.6 is 0 Å². The van der Waals surface area contributed by atoms with Crippen LogP contribution < -0.4 is 10.6 Å². The first-order valence-electron chi connectivity index (χ1n) is 11.3. The summed E-state index contributed by atoms with van der Waals surface area (Å²) in [6.07, 6.45) is 4.90. The number of carbonyl (C=O) groups is 1. The van der Waals surface area contributed by atoms with Crippen LogP contribution in [0.2, 0.25) is 0 Å². The zero-order chi connectivity index (χ0) is 23.1. The number of fused-ring (bicyclic) bond motifs is 1. The molecule has 1 radical (unpaired) electrons. The number of anilines is 1. The van der Waals surface area contributed by atoms with E-state index in [1.54, 1.807) is 0 Å². The van der Waals surface area contributed by atoms with Crippen molar-refractivity contribution in [2.45, 2.75) is 65.5 Å². The van der Waals surface area contributed by atoms with Crippen LogP contribution in [-0.2, 0) is 0 Å². The van der Waals surface area contributed by atoms with Crippen LogP contribution in [0.5, 0.6) is 0 Å². The number of aryl methyl sites for hydroxylation is 1. The second-order valence-corrected chi connectivity index (χ2v) is 10.7. The Morgan fingerprint density at radius 1 is 1.12 bits per heavy atom. The number of amides is 1. The number of hydrogen-bond donors (Lipinski definition) is 2. The molecule has 1 aliphatic carbocycles. The first-order chi connectivity index (χ1) is 15.0. The fourth-order valence-corrected chi connectivity index (χ4v) is 4.32. The van der Waals surface area contributed by atoms with E-state index < -0.39 is 0 Å². The van der Waals surface area contributed by atoms with Gasteiger partial charge in [-0.05, 0) is 86.4 Å². The molecule has 3 aromatic rings. The SMILES string of the molecule is [CH2]C(C)(CC(C)(C)C)Nc1ncc2cc(-c3cc(C(=O)NC4CC4)ccc3C)ccc2n1. The lowest BCUT2D eigenvalue weighted by Crippen LogP contribution is -2.36. The molecule has 2 aromatic carbocycles. The van der Waals surface area contributed by atoms with Crippen molar-refractivity contribution in [2.24, 2.45) is 5.41 Å². The third-order valence-corrected chi connectivity index (χ3v) is 5.64. The molecule has 0 saturated heterocycles. The van der Waals surface area contributed by atoms with Crippen molar-refractivity contribution in [2.75, 3.05) is 5.32 Å². The summed E-state index contributed by atoms with van der Waals surface area (Å²) in [5.41, 5.74) is 4.59. The summed E-state index contributed by atoms with van der Waals surface area (Å²) in [7, 11) is 0. The predicted molar refractivity (Wildman–Crippen MR) is 132 cm³/mol. The summed E-state index contributed by atoms with van der Waals surface area (Å²) in [4.78, 5) is 21.7. The van der Waals surface area contributed by atoms with Gasteiger partial charge in [0.25, 0.3) is 5.91 Å². The quantitative estimate of drug-likeness (QED) is 0.509. The van der Waals surface area contributed by atoms with Gasteiger partial charge in [-0.3, -0.25) is 4.79 Å². The van der Waals surface area contributed by atoms with Crippen molar-refractivity contribution in [3.05, 3.63) is 60.6 Å². The van der Waals surface area contributed by atoms with Gasteiger partial charge in [0, 0.05) is 28.7 Å². The van der Waals surface area contributed by atoms with Crippen molar-refractivity contribution < 1.29 is 4.79 Å². The Bertz CT molecular complexity index is 1160. The largest absolute Gasteiger partial charge is 0.349 e. The fraction of sp³-hybridized carbons (Fsp3) is 0.407. The molecule has 5 heteroatoms. The topological polar surface area (TPSA) is 66.9 Å². The Labute approximate surface area is 191 Å². The number of hydrogen-bond acceptors (Lipinski definition) is 4. The van der Waals surface area contributed by atoms with Gasteiger partial charge >= 0.3 is 0 Å². The van der Waals surface area contributed by atoms with Crippen LogP contribution in [0.15, 0.2) is 42.6 Å². The molecule has 4 rings (SSSR count).